The van der Waals surface area contributed by atoms with E-state index in [0.717, 1.165) is 43.5 Å². The zero-order chi connectivity index (χ0) is 20.9. The van der Waals surface area contributed by atoms with Crippen LogP contribution in [-0.2, 0) is 11.2 Å². The molecule has 2 aliphatic rings. The average molecular weight is 409 g/mol. The van der Waals surface area contributed by atoms with E-state index >= 15 is 0 Å². The van der Waals surface area contributed by atoms with E-state index in [2.05, 4.69) is 23.1 Å². The van der Waals surface area contributed by atoms with Crippen molar-refractivity contribution in [2.45, 2.75) is 31.6 Å². The van der Waals surface area contributed by atoms with Crippen LogP contribution in [0.5, 0.6) is 0 Å². The van der Waals surface area contributed by atoms with Crippen molar-refractivity contribution in [2.75, 3.05) is 32.8 Å². The first-order valence-electron chi connectivity index (χ1n) is 10.9. The molecule has 2 aromatic rings. The monoisotopic (exact) mass is 408 g/mol. The molecular weight excluding hydrogens is 376 g/mol. The van der Waals surface area contributed by atoms with Crippen molar-refractivity contribution in [3.63, 3.8) is 0 Å². The lowest BCUT2D eigenvalue weighted by atomic mass is 9.96. The van der Waals surface area contributed by atoms with Crippen molar-refractivity contribution in [3.05, 3.63) is 71.3 Å². The van der Waals surface area contributed by atoms with Crippen LogP contribution in [0.15, 0.2) is 54.6 Å². The number of rotatable bonds is 6. The van der Waals surface area contributed by atoms with E-state index in [0.29, 0.717) is 25.6 Å². The van der Waals surface area contributed by atoms with E-state index in [9.17, 15) is 5.11 Å². The number of nitrogens with two attached hydrogens (primary N) is 1. The van der Waals surface area contributed by atoms with Crippen LogP contribution in [0.1, 0.15) is 41.9 Å². The maximum Gasteiger partial charge on any atom is 0.190 e. The summed E-state index contributed by atoms with van der Waals surface area (Å²) >= 11 is 0. The molecule has 2 unspecified atom stereocenters. The number of hydrogen-bond donors (Lipinski definition) is 3. The highest BCUT2D eigenvalue weighted by Crippen LogP contribution is 2.32. The molecule has 4 rings (SSSR count). The van der Waals surface area contributed by atoms with Crippen LogP contribution in [0, 0.1) is 11.3 Å². The molecule has 2 aliphatic heterocycles. The second-order valence-corrected chi connectivity index (χ2v) is 8.38. The first-order valence-corrected chi connectivity index (χ1v) is 10.9. The van der Waals surface area contributed by atoms with Crippen LogP contribution in [0.25, 0.3) is 0 Å². The van der Waals surface area contributed by atoms with Gasteiger partial charge in [0.2, 0.25) is 0 Å². The number of β-amino-alcohol motifs (C(OH)–C–C–N with tert-alkyl or cyclic N) is 1. The molecule has 0 aliphatic carbocycles. The summed E-state index contributed by atoms with van der Waals surface area (Å²) in [5, 5.41) is 18.4. The predicted molar refractivity (Wildman–Crippen MR) is 118 cm³/mol. The van der Waals surface area contributed by atoms with Crippen LogP contribution in [0.3, 0.4) is 0 Å². The number of guanidine groups is 1. The highest BCUT2D eigenvalue weighted by molar-refractivity contribution is 5.75. The Kier molecular flexibility index (Phi) is 6.67. The van der Waals surface area contributed by atoms with Gasteiger partial charge in [0.15, 0.2) is 12.2 Å². The van der Waals surface area contributed by atoms with Crippen LogP contribution < -0.4 is 5.73 Å². The quantitative estimate of drug-likeness (QED) is 0.505. The number of aliphatic hydroxyl groups excluding tert-OH is 1. The summed E-state index contributed by atoms with van der Waals surface area (Å²) in [7, 11) is 0. The summed E-state index contributed by atoms with van der Waals surface area (Å²) in [6.45, 7) is 3.99. The zero-order valence-electron chi connectivity index (χ0n) is 17.4. The van der Waals surface area contributed by atoms with Gasteiger partial charge in [-0.2, -0.15) is 0 Å². The first kappa shape index (κ1) is 20.8. The van der Waals surface area contributed by atoms with Crippen molar-refractivity contribution in [1.82, 2.24) is 9.80 Å². The summed E-state index contributed by atoms with van der Waals surface area (Å²) in [4.78, 5) is 4.19. The lowest BCUT2D eigenvalue weighted by molar-refractivity contribution is -0.0585. The molecule has 1 saturated heterocycles. The van der Waals surface area contributed by atoms with Crippen molar-refractivity contribution in [1.29, 1.82) is 5.41 Å². The molecule has 2 aromatic carbocycles. The lowest BCUT2D eigenvalue weighted by Gasteiger charge is -2.39. The molecule has 4 N–H and O–H groups in total. The van der Waals surface area contributed by atoms with Gasteiger partial charge in [0.1, 0.15) is 0 Å². The second-order valence-electron chi connectivity index (χ2n) is 8.38. The maximum absolute atomic E-state index is 10.5. The van der Waals surface area contributed by atoms with E-state index in [1.807, 2.05) is 41.3 Å². The molecule has 0 spiro atoms. The largest absolute Gasteiger partial charge is 0.387 e. The molecule has 0 radical (unpaired) electrons. The third-order valence-electron chi connectivity index (χ3n) is 6.35. The van der Waals surface area contributed by atoms with E-state index in [4.69, 9.17) is 15.9 Å². The molecule has 6 heteroatoms. The number of nitrogens with zero attached hydrogens (tertiary/aromatic N) is 2. The standard InChI is InChI=1S/C24H32N4O2/c25-24(26)28-15-12-19-6-4-5-9-21(19)23(28)30-17-18-10-13-27(14-11-18)16-22(29)20-7-2-1-3-8-20/h1-9,18,22-23,29H,10-17H2,(H3,25,26). The Balaban J connectivity index is 1.29. The molecule has 0 bridgehead atoms. The summed E-state index contributed by atoms with van der Waals surface area (Å²) in [5.41, 5.74) is 9.22. The Morgan fingerprint density at radius 1 is 1.07 bits per heavy atom. The molecule has 6 nitrogen and oxygen atoms in total. The smallest absolute Gasteiger partial charge is 0.190 e. The van der Waals surface area contributed by atoms with Gasteiger partial charge < -0.3 is 25.4 Å². The van der Waals surface area contributed by atoms with Gasteiger partial charge in [-0.1, -0.05) is 54.6 Å². The molecule has 160 valence electrons. The van der Waals surface area contributed by atoms with E-state index in [1.165, 1.54) is 5.56 Å². The zero-order valence-corrected chi connectivity index (χ0v) is 17.4. The normalized spacial score (nSPS) is 21.2. The molecule has 0 aromatic heterocycles. The molecule has 30 heavy (non-hydrogen) atoms. The summed E-state index contributed by atoms with van der Waals surface area (Å²) in [5.74, 6) is 0.553. The lowest BCUT2D eigenvalue weighted by Crippen LogP contribution is -2.45. The Hall–Kier alpha value is -2.41. The third kappa shape index (κ3) is 4.83. The summed E-state index contributed by atoms with van der Waals surface area (Å²) < 4.78 is 6.35. The first-order chi connectivity index (χ1) is 14.6. The van der Waals surface area contributed by atoms with Crippen molar-refractivity contribution < 1.29 is 9.84 Å². The predicted octanol–water partition coefficient (Wildman–Crippen LogP) is 2.90. The molecule has 1 fully saturated rings. The number of fused-ring (bicyclic) bond motifs is 1. The molecule has 2 atom stereocenters. The maximum atomic E-state index is 10.5. The second kappa shape index (κ2) is 9.60. The molecule has 2 heterocycles. The van der Waals surface area contributed by atoms with Gasteiger partial charge in [-0.25, -0.2) is 0 Å². The summed E-state index contributed by atoms with van der Waals surface area (Å²) in [6.07, 6.45) is 2.27. The average Bonchev–Trinajstić information content (AvgIpc) is 2.78. The number of ether oxygens (including phenoxy) is 1. The number of nitrogens with one attached hydrogen (secondary N) is 1. The Bertz CT molecular complexity index is 836. The Morgan fingerprint density at radius 2 is 1.77 bits per heavy atom. The molecule has 0 amide bonds. The van der Waals surface area contributed by atoms with Gasteiger partial charge in [0.05, 0.1) is 12.7 Å². The third-order valence-corrected chi connectivity index (χ3v) is 6.35. The van der Waals surface area contributed by atoms with Crippen molar-refractivity contribution >= 4 is 5.96 Å². The van der Waals surface area contributed by atoms with E-state index < -0.39 is 6.10 Å². The number of benzene rings is 2. The van der Waals surface area contributed by atoms with E-state index in [1.54, 1.807) is 0 Å². The van der Waals surface area contributed by atoms with Crippen LogP contribution in [0.4, 0.5) is 0 Å². The Labute approximate surface area is 178 Å². The van der Waals surface area contributed by atoms with Crippen molar-refractivity contribution in [2.24, 2.45) is 11.7 Å². The topological polar surface area (TPSA) is 85.8 Å². The summed E-state index contributed by atoms with van der Waals surface area (Å²) in [6, 6.07) is 18.2. The van der Waals surface area contributed by atoms with Gasteiger partial charge in [-0.3, -0.25) is 5.41 Å². The highest BCUT2D eigenvalue weighted by Gasteiger charge is 2.30. The van der Waals surface area contributed by atoms with Crippen LogP contribution >= 0.6 is 0 Å². The number of piperidine rings is 1. The minimum Gasteiger partial charge on any atom is -0.387 e. The van der Waals surface area contributed by atoms with Gasteiger partial charge in [0.25, 0.3) is 0 Å². The van der Waals surface area contributed by atoms with Gasteiger partial charge in [-0.15, -0.1) is 0 Å². The van der Waals surface area contributed by atoms with Gasteiger partial charge in [0, 0.05) is 18.7 Å². The molecule has 0 saturated carbocycles. The minimum absolute atomic E-state index is 0.0687. The fourth-order valence-corrected chi connectivity index (χ4v) is 4.54. The van der Waals surface area contributed by atoms with Crippen molar-refractivity contribution in [3.8, 4) is 0 Å². The highest BCUT2D eigenvalue weighted by atomic mass is 16.5. The SMILES string of the molecule is N=C(N)N1CCc2ccccc2C1OCC1CCN(CC(O)c2ccccc2)CC1. The van der Waals surface area contributed by atoms with E-state index in [-0.39, 0.29) is 12.2 Å². The van der Waals surface area contributed by atoms with Crippen LogP contribution in [0.2, 0.25) is 0 Å². The number of aliphatic hydroxyl groups is 1. The van der Waals surface area contributed by atoms with Crippen LogP contribution in [-0.4, -0.2) is 53.7 Å². The Morgan fingerprint density at radius 3 is 2.50 bits per heavy atom. The number of hydrogen-bond acceptors (Lipinski definition) is 4. The fourth-order valence-electron chi connectivity index (χ4n) is 4.54. The molecular formula is C24H32N4O2. The minimum atomic E-state index is -0.443. The van der Waals surface area contributed by atoms with Gasteiger partial charge in [-0.05, 0) is 49.4 Å². The van der Waals surface area contributed by atoms with Gasteiger partial charge >= 0.3 is 0 Å². The number of likely N-dealkylation sites (tertiary alicyclic amines) is 1. The fraction of sp³-hybridized carbons (Fsp3) is 0.458.